The second kappa shape index (κ2) is 5.13. The minimum Gasteiger partial charge on any atom is -0.391 e. The van der Waals surface area contributed by atoms with E-state index in [0.717, 1.165) is 49.1 Å². The van der Waals surface area contributed by atoms with E-state index in [9.17, 15) is 5.11 Å². The van der Waals surface area contributed by atoms with E-state index in [2.05, 4.69) is 20.4 Å². The lowest BCUT2D eigenvalue weighted by atomic mass is 9.93. The molecule has 102 valence electrons. The van der Waals surface area contributed by atoms with Crippen LogP contribution in [0.5, 0.6) is 0 Å². The average molecular weight is 261 g/mol. The molecule has 0 radical (unpaired) electrons. The number of fused-ring (bicyclic) bond motifs is 1. The zero-order valence-corrected chi connectivity index (χ0v) is 11.1. The van der Waals surface area contributed by atoms with Crippen molar-refractivity contribution in [1.82, 2.24) is 19.7 Å². The van der Waals surface area contributed by atoms with Crippen LogP contribution in [0, 0.1) is 0 Å². The van der Waals surface area contributed by atoms with E-state index in [4.69, 9.17) is 0 Å². The molecular formula is C13H19N5O. The van der Waals surface area contributed by atoms with Crippen LogP contribution in [0.3, 0.4) is 0 Å². The average Bonchev–Trinajstić information content (AvgIpc) is 2.85. The van der Waals surface area contributed by atoms with Crippen molar-refractivity contribution in [3.8, 4) is 0 Å². The first-order valence-corrected chi connectivity index (χ1v) is 6.91. The first kappa shape index (κ1) is 12.3. The Morgan fingerprint density at radius 3 is 3.00 bits per heavy atom. The highest BCUT2D eigenvalue weighted by Gasteiger charge is 2.27. The molecule has 1 aliphatic carbocycles. The van der Waals surface area contributed by atoms with Gasteiger partial charge in [0.05, 0.1) is 23.7 Å². The first-order chi connectivity index (χ1) is 9.31. The molecule has 2 aromatic rings. The smallest absolute Gasteiger partial charge is 0.163 e. The molecule has 2 atom stereocenters. The lowest BCUT2D eigenvalue weighted by Gasteiger charge is -2.27. The molecule has 0 amide bonds. The Morgan fingerprint density at radius 1 is 1.37 bits per heavy atom. The number of hydrogen-bond donors (Lipinski definition) is 2. The second-order valence-corrected chi connectivity index (χ2v) is 5.00. The maximum absolute atomic E-state index is 10.2. The molecule has 1 saturated carbocycles. The van der Waals surface area contributed by atoms with Gasteiger partial charge < -0.3 is 10.4 Å². The quantitative estimate of drug-likeness (QED) is 0.880. The number of hydrogen-bond acceptors (Lipinski definition) is 5. The van der Waals surface area contributed by atoms with Gasteiger partial charge in [-0.25, -0.2) is 14.6 Å². The lowest BCUT2D eigenvalue weighted by Crippen LogP contribution is -2.28. The lowest BCUT2D eigenvalue weighted by molar-refractivity contribution is 0.0713. The summed E-state index contributed by atoms with van der Waals surface area (Å²) in [6, 6.07) is 0.0376. The van der Waals surface area contributed by atoms with Crippen molar-refractivity contribution in [3.05, 3.63) is 12.5 Å². The predicted octanol–water partition coefficient (Wildman–Crippen LogP) is 1.73. The zero-order chi connectivity index (χ0) is 13.2. The van der Waals surface area contributed by atoms with E-state index in [1.807, 2.05) is 11.6 Å². The summed E-state index contributed by atoms with van der Waals surface area (Å²) in [7, 11) is 0. The summed E-state index contributed by atoms with van der Waals surface area (Å²) in [4.78, 5) is 8.57. The van der Waals surface area contributed by atoms with Gasteiger partial charge in [0, 0.05) is 6.54 Å². The van der Waals surface area contributed by atoms with Crippen LogP contribution in [-0.4, -0.2) is 37.5 Å². The normalized spacial score (nSPS) is 23.7. The molecule has 2 unspecified atom stereocenters. The Hall–Kier alpha value is -1.69. The molecule has 0 aliphatic heterocycles. The fourth-order valence-electron chi connectivity index (χ4n) is 2.79. The highest BCUT2D eigenvalue weighted by Crippen LogP contribution is 2.31. The van der Waals surface area contributed by atoms with Gasteiger partial charge in [-0.2, -0.15) is 5.10 Å². The third kappa shape index (κ3) is 2.16. The van der Waals surface area contributed by atoms with Gasteiger partial charge in [0.25, 0.3) is 0 Å². The maximum Gasteiger partial charge on any atom is 0.163 e. The number of rotatable bonds is 3. The van der Waals surface area contributed by atoms with Crippen molar-refractivity contribution in [1.29, 1.82) is 0 Å². The van der Waals surface area contributed by atoms with E-state index < -0.39 is 0 Å². The molecule has 19 heavy (non-hydrogen) atoms. The van der Waals surface area contributed by atoms with E-state index in [1.54, 1.807) is 12.5 Å². The summed E-state index contributed by atoms with van der Waals surface area (Å²) in [6.45, 7) is 2.84. The Labute approximate surface area is 111 Å². The monoisotopic (exact) mass is 261 g/mol. The minimum absolute atomic E-state index is 0.0376. The van der Waals surface area contributed by atoms with E-state index in [1.165, 1.54) is 0 Å². The summed E-state index contributed by atoms with van der Waals surface area (Å²) in [6.07, 6.45) is 7.04. The molecule has 3 rings (SSSR count). The van der Waals surface area contributed by atoms with Gasteiger partial charge in [-0.3, -0.25) is 0 Å². The number of anilines is 1. The van der Waals surface area contributed by atoms with Crippen molar-refractivity contribution in [2.24, 2.45) is 0 Å². The third-order valence-electron chi connectivity index (χ3n) is 3.74. The number of nitrogens with one attached hydrogen (secondary N) is 1. The predicted molar refractivity (Wildman–Crippen MR) is 73.0 cm³/mol. The largest absolute Gasteiger partial charge is 0.391 e. The number of aromatic nitrogens is 4. The molecule has 0 bridgehead atoms. The van der Waals surface area contributed by atoms with Crippen molar-refractivity contribution in [3.63, 3.8) is 0 Å². The standard InChI is InChI=1S/C13H19N5O/c1-2-14-12-9-7-17-18(13(9)16-8-15-12)10-5-3-4-6-11(10)19/h7-8,10-11,19H,2-6H2,1H3,(H,14,15,16). The van der Waals surface area contributed by atoms with E-state index in [-0.39, 0.29) is 12.1 Å². The Kier molecular flexibility index (Phi) is 3.33. The third-order valence-corrected chi connectivity index (χ3v) is 3.74. The Morgan fingerprint density at radius 2 is 2.21 bits per heavy atom. The van der Waals surface area contributed by atoms with E-state index in [0.29, 0.717) is 0 Å². The molecule has 2 N–H and O–H groups in total. The molecule has 2 heterocycles. The van der Waals surface area contributed by atoms with Crippen LogP contribution >= 0.6 is 0 Å². The first-order valence-electron chi connectivity index (χ1n) is 6.91. The number of aliphatic hydroxyl groups excluding tert-OH is 1. The van der Waals surface area contributed by atoms with Gasteiger partial charge in [0.15, 0.2) is 5.65 Å². The molecule has 2 aromatic heterocycles. The van der Waals surface area contributed by atoms with Crippen LogP contribution in [0.25, 0.3) is 11.0 Å². The Balaban J connectivity index is 2.02. The number of aliphatic hydroxyl groups is 1. The van der Waals surface area contributed by atoms with Crippen LogP contribution < -0.4 is 5.32 Å². The van der Waals surface area contributed by atoms with Crippen molar-refractivity contribution < 1.29 is 5.11 Å². The highest BCUT2D eigenvalue weighted by molar-refractivity contribution is 5.86. The highest BCUT2D eigenvalue weighted by atomic mass is 16.3. The molecule has 6 nitrogen and oxygen atoms in total. The molecule has 0 spiro atoms. The summed E-state index contributed by atoms with van der Waals surface area (Å²) in [5, 5.41) is 18.7. The maximum atomic E-state index is 10.2. The van der Waals surface area contributed by atoms with Crippen molar-refractivity contribution in [2.75, 3.05) is 11.9 Å². The van der Waals surface area contributed by atoms with Gasteiger partial charge in [0.2, 0.25) is 0 Å². The van der Waals surface area contributed by atoms with Crippen LogP contribution in [0.4, 0.5) is 5.82 Å². The topological polar surface area (TPSA) is 75.9 Å². The SMILES string of the molecule is CCNc1ncnc2c1cnn2C1CCCCC1O. The van der Waals surface area contributed by atoms with Crippen molar-refractivity contribution >= 4 is 16.9 Å². The zero-order valence-electron chi connectivity index (χ0n) is 11.1. The molecule has 1 aliphatic rings. The van der Waals surface area contributed by atoms with Crippen molar-refractivity contribution in [2.45, 2.75) is 44.8 Å². The minimum atomic E-state index is -0.325. The van der Waals surface area contributed by atoms with E-state index >= 15 is 0 Å². The Bertz CT molecular complexity index is 567. The summed E-state index contributed by atoms with van der Waals surface area (Å²) < 4.78 is 1.86. The van der Waals surface area contributed by atoms with Crippen LogP contribution in [-0.2, 0) is 0 Å². The molecule has 0 aromatic carbocycles. The van der Waals surface area contributed by atoms with Gasteiger partial charge in [-0.15, -0.1) is 0 Å². The second-order valence-electron chi connectivity index (χ2n) is 5.00. The molecule has 1 fully saturated rings. The van der Waals surface area contributed by atoms with Crippen LogP contribution in [0.15, 0.2) is 12.5 Å². The van der Waals surface area contributed by atoms with Gasteiger partial charge in [0.1, 0.15) is 12.1 Å². The summed E-state index contributed by atoms with van der Waals surface area (Å²) in [5.41, 5.74) is 0.803. The summed E-state index contributed by atoms with van der Waals surface area (Å²) in [5.74, 6) is 0.809. The molecular weight excluding hydrogens is 242 g/mol. The fourth-order valence-corrected chi connectivity index (χ4v) is 2.79. The fraction of sp³-hybridized carbons (Fsp3) is 0.615. The number of nitrogens with zero attached hydrogens (tertiary/aromatic N) is 4. The molecule has 0 saturated heterocycles. The molecule has 6 heteroatoms. The van der Waals surface area contributed by atoms with Gasteiger partial charge >= 0.3 is 0 Å². The van der Waals surface area contributed by atoms with Gasteiger partial charge in [-0.1, -0.05) is 12.8 Å². The van der Waals surface area contributed by atoms with Crippen LogP contribution in [0.2, 0.25) is 0 Å². The van der Waals surface area contributed by atoms with Crippen LogP contribution in [0.1, 0.15) is 38.6 Å². The summed E-state index contributed by atoms with van der Waals surface area (Å²) >= 11 is 0. The van der Waals surface area contributed by atoms with Gasteiger partial charge in [-0.05, 0) is 19.8 Å².